The summed E-state index contributed by atoms with van der Waals surface area (Å²) in [4.78, 5) is 16.3. The zero-order valence-corrected chi connectivity index (χ0v) is 12.7. The minimum Gasteiger partial charge on any atom is -0.441 e. The number of rotatable bonds is 4. The number of hydrogen-bond donors (Lipinski definition) is 1. The average Bonchev–Trinajstić information content (AvgIpc) is 2.86. The van der Waals surface area contributed by atoms with Crippen molar-refractivity contribution < 1.29 is 9.21 Å². The van der Waals surface area contributed by atoms with Crippen molar-refractivity contribution >= 4 is 17.0 Å². The highest BCUT2D eigenvalue weighted by Gasteiger charge is 2.07. The molecule has 2 aromatic carbocycles. The van der Waals surface area contributed by atoms with Crippen LogP contribution >= 0.6 is 0 Å². The highest BCUT2D eigenvalue weighted by Crippen LogP contribution is 2.17. The minimum absolute atomic E-state index is 0.000131. The number of oxazole rings is 1. The molecule has 22 heavy (non-hydrogen) atoms. The number of aryl methyl sites for hydroxylation is 2. The molecule has 1 amide bonds. The molecule has 0 saturated carbocycles. The van der Waals surface area contributed by atoms with Gasteiger partial charge in [-0.3, -0.25) is 4.79 Å². The molecule has 1 aromatic heterocycles. The Kier molecular flexibility index (Phi) is 3.92. The van der Waals surface area contributed by atoms with Crippen LogP contribution in [0.4, 0.5) is 0 Å². The van der Waals surface area contributed by atoms with Crippen LogP contribution in [0.5, 0.6) is 0 Å². The maximum absolute atomic E-state index is 12.0. The van der Waals surface area contributed by atoms with Gasteiger partial charge < -0.3 is 9.73 Å². The highest BCUT2D eigenvalue weighted by atomic mass is 16.3. The van der Waals surface area contributed by atoms with E-state index in [-0.39, 0.29) is 5.91 Å². The van der Waals surface area contributed by atoms with Crippen molar-refractivity contribution in [1.29, 1.82) is 0 Å². The summed E-state index contributed by atoms with van der Waals surface area (Å²) in [6, 6.07) is 13.8. The fourth-order valence-corrected chi connectivity index (χ4v) is 2.35. The Labute approximate surface area is 129 Å². The van der Waals surface area contributed by atoms with Crippen LogP contribution in [0, 0.1) is 13.8 Å². The minimum atomic E-state index is 0.000131. The molecule has 0 saturated heterocycles. The van der Waals surface area contributed by atoms with Gasteiger partial charge in [-0.1, -0.05) is 35.9 Å². The van der Waals surface area contributed by atoms with Crippen LogP contribution in [0.2, 0.25) is 0 Å². The van der Waals surface area contributed by atoms with Crippen molar-refractivity contribution in [2.75, 3.05) is 0 Å². The Balaban J connectivity index is 1.61. The quantitative estimate of drug-likeness (QED) is 0.803. The van der Waals surface area contributed by atoms with E-state index in [1.807, 2.05) is 56.3 Å². The van der Waals surface area contributed by atoms with Crippen molar-refractivity contribution in [2.24, 2.45) is 0 Å². The van der Waals surface area contributed by atoms with E-state index in [1.54, 1.807) is 0 Å². The number of amides is 1. The lowest BCUT2D eigenvalue weighted by atomic mass is 10.1. The number of carbonyl (C=O) groups excluding carboxylic acids is 1. The molecule has 0 fully saturated rings. The summed E-state index contributed by atoms with van der Waals surface area (Å²) in [5, 5.41) is 2.94. The van der Waals surface area contributed by atoms with Gasteiger partial charge in [0, 0.05) is 13.5 Å². The first-order chi connectivity index (χ1) is 10.6. The van der Waals surface area contributed by atoms with E-state index < -0.39 is 0 Å². The summed E-state index contributed by atoms with van der Waals surface area (Å²) < 4.78 is 5.43. The van der Waals surface area contributed by atoms with Crippen LogP contribution in [0.1, 0.15) is 22.6 Å². The van der Waals surface area contributed by atoms with Gasteiger partial charge in [-0.05, 0) is 30.2 Å². The number of benzene rings is 2. The molecule has 1 heterocycles. The second-order valence-corrected chi connectivity index (χ2v) is 5.47. The first kappa shape index (κ1) is 14.3. The second-order valence-electron chi connectivity index (χ2n) is 5.47. The topological polar surface area (TPSA) is 55.1 Å². The Morgan fingerprint density at radius 1 is 1.09 bits per heavy atom. The number of hydrogen-bond acceptors (Lipinski definition) is 3. The number of nitrogens with one attached hydrogen (secondary N) is 1. The van der Waals surface area contributed by atoms with Crippen molar-refractivity contribution in [3.63, 3.8) is 0 Å². The van der Waals surface area contributed by atoms with Gasteiger partial charge in [0.05, 0.1) is 6.42 Å². The van der Waals surface area contributed by atoms with Gasteiger partial charge in [-0.15, -0.1) is 0 Å². The van der Waals surface area contributed by atoms with E-state index in [4.69, 9.17) is 4.42 Å². The van der Waals surface area contributed by atoms with E-state index in [2.05, 4.69) is 10.3 Å². The summed E-state index contributed by atoms with van der Waals surface area (Å²) >= 11 is 0. The lowest BCUT2D eigenvalue weighted by Crippen LogP contribution is -2.24. The zero-order chi connectivity index (χ0) is 15.5. The molecule has 0 aliphatic rings. The normalized spacial score (nSPS) is 10.8. The molecule has 0 radical (unpaired) electrons. The Morgan fingerprint density at radius 3 is 2.59 bits per heavy atom. The van der Waals surface area contributed by atoms with Crippen LogP contribution in [0.25, 0.3) is 11.1 Å². The number of fused-ring (bicyclic) bond motifs is 1. The van der Waals surface area contributed by atoms with Gasteiger partial charge in [0.1, 0.15) is 5.52 Å². The maximum Gasteiger partial charge on any atom is 0.224 e. The molecular weight excluding hydrogens is 276 g/mol. The molecule has 0 unspecified atom stereocenters. The third-order valence-corrected chi connectivity index (χ3v) is 3.53. The van der Waals surface area contributed by atoms with Crippen LogP contribution < -0.4 is 5.32 Å². The van der Waals surface area contributed by atoms with Crippen LogP contribution in [-0.4, -0.2) is 10.9 Å². The molecule has 0 aliphatic carbocycles. The van der Waals surface area contributed by atoms with Gasteiger partial charge in [0.2, 0.25) is 5.91 Å². The maximum atomic E-state index is 12.0. The fraction of sp³-hybridized carbons (Fsp3) is 0.222. The van der Waals surface area contributed by atoms with Crippen molar-refractivity contribution in [2.45, 2.75) is 26.8 Å². The molecule has 3 aromatic rings. The lowest BCUT2D eigenvalue weighted by Gasteiger charge is -2.06. The van der Waals surface area contributed by atoms with E-state index >= 15 is 0 Å². The summed E-state index contributed by atoms with van der Waals surface area (Å²) in [6.07, 6.45) is 0.341. The predicted molar refractivity (Wildman–Crippen MR) is 85.5 cm³/mol. The van der Waals surface area contributed by atoms with Crippen molar-refractivity contribution in [1.82, 2.24) is 10.3 Å². The molecule has 0 spiro atoms. The van der Waals surface area contributed by atoms with E-state index in [0.29, 0.717) is 18.9 Å². The predicted octanol–water partition coefficient (Wildman–Crippen LogP) is 3.30. The molecule has 0 atom stereocenters. The van der Waals surface area contributed by atoms with E-state index in [9.17, 15) is 4.79 Å². The van der Waals surface area contributed by atoms with Gasteiger partial charge >= 0.3 is 0 Å². The third kappa shape index (κ3) is 3.34. The molecule has 4 nitrogen and oxygen atoms in total. The Bertz CT molecular complexity index is 804. The summed E-state index contributed by atoms with van der Waals surface area (Å²) in [5.41, 5.74) is 4.79. The Morgan fingerprint density at radius 2 is 1.82 bits per heavy atom. The van der Waals surface area contributed by atoms with E-state index in [0.717, 1.165) is 22.2 Å². The molecule has 0 aliphatic heterocycles. The van der Waals surface area contributed by atoms with Gasteiger partial charge in [-0.2, -0.15) is 0 Å². The standard InChI is InChI=1S/C18H18N2O2/c1-12-3-5-14(6-4-12)11-19-18(21)10-15-7-8-17-16(9-15)20-13(2)22-17/h3-9H,10-11H2,1-2H3,(H,19,21). The van der Waals surface area contributed by atoms with Gasteiger partial charge in [-0.25, -0.2) is 4.98 Å². The second kappa shape index (κ2) is 6.02. The smallest absolute Gasteiger partial charge is 0.224 e. The van der Waals surface area contributed by atoms with Crippen molar-refractivity contribution in [3.8, 4) is 0 Å². The molecule has 112 valence electrons. The number of nitrogens with zero attached hydrogens (tertiary/aromatic N) is 1. The average molecular weight is 294 g/mol. The summed E-state index contributed by atoms with van der Waals surface area (Å²) in [5.74, 6) is 0.635. The van der Waals surface area contributed by atoms with Gasteiger partial charge in [0.15, 0.2) is 11.5 Å². The zero-order valence-electron chi connectivity index (χ0n) is 12.7. The SMILES string of the molecule is Cc1ccc(CNC(=O)Cc2ccc3oc(C)nc3c2)cc1. The first-order valence-electron chi connectivity index (χ1n) is 7.28. The summed E-state index contributed by atoms with van der Waals surface area (Å²) in [7, 11) is 0. The number of aromatic nitrogens is 1. The van der Waals surface area contributed by atoms with Gasteiger partial charge in [0.25, 0.3) is 0 Å². The third-order valence-electron chi connectivity index (χ3n) is 3.53. The van der Waals surface area contributed by atoms with Crippen LogP contribution in [0.15, 0.2) is 46.9 Å². The molecule has 3 rings (SSSR count). The summed E-state index contributed by atoms with van der Waals surface area (Å²) in [6.45, 7) is 4.41. The van der Waals surface area contributed by atoms with E-state index in [1.165, 1.54) is 5.56 Å². The van der Waals surface area contributed by atoms with Crippen LogP contribution in [-0.2, 0) is 17.8 Å². The highest BCUT2D eigenvalue weighted by molar-refractivity contribution is 5.81. The monoisotopic (exact) mass is 294 g/mol. The molecule has 0 bridgehead atoms. The number of carbonyl (C=O) groups is 1. The molecule has 1 N–H and O–H groups in total. The largest absolute Gasteiger partial charge is 0.441 e. The Hall–Kier alpha value is -2.62. The fourth-order valence-electron chi connectivity index (χ4n) is 2.35. The van der Waals surface area contributed by atoms with Crippen molar-refractivity contribution in [3.05, 3.63) is 65.0 Å². The van der Waals surface area contributed by atoms with Crippen LogP contribution in [0.3, 0.4) is 0 Å². The lowest BCUT2D eigenvalue weighted by molar-refractivity contribution is -0.120. The molecule has 4 heteroatoms. The molecular formula is C18H18N2O2. The first-order valence-corrected chi connectivity index (χ1v) is 7.28.